The topological polar surface area (TPSA) is 103 Å². The Hall–Kier alpha value is -2.42. The van der Waals surface area contributed by atoms with Crippen molar-refractivity contribution in [2.45, 2.75) is 30.5 Å². The van der Waals surface area contributed by atoms with E-state index in [0.717, 1.165) is 18.0 Å². The molecule has 1 amide bonds. The molecule has 1 N–H and O–H groups in total. The minimum absolute atomic E-state index is 0.109. The zero-order valence-electron chi connectivity index (χ0n) is 12.2. The van der Waals surface area contributed by atoms with E-state index in [1.165, 1.54) is 23.9 Å². The first kappa shape index (κ1) is 15.5. The van der Waals surface area contributed by atoms with Gasteiger partial charge in [0.05, 0.1) is 4.92 Å². The van der Waals surface area contributed by atoms with E-state index in [2.05, 4.69) is 15.5 Å². The average Bonchev–Trinajstić information content (AvgIpc) is 3.27. The summed E-state index contributed by atoms with van der Waals surface area (Å²) in [6.07, 6.45) is 4.25. The molecule has 0 atom stereocenters. The van der Waals surface area contributed by atoms with Crippen LogP contribution < -0.4 is 5.32 Å². The van der Waals surface area contributed by atoms with Gasteiger partial charge in [-0.3, -0.25) is 14.9 Å². The number of anilines is 1. The van der Waals surface area contributed by atoms with Crippen LogP contribution >= 0.6 is 11.8 Å². The van der Waals surface area contributed by atoms with Crippen molar-refractivity contribution >= 4 is 29.0 Å². The first-order chi connectivity index (χ1) is 11.1. The molecule has 2 aromatic rings. The SMILES string of the molecule is O=C(CCSc1nncn1C1CC1)Nc1ccccc1[N+](=O)[O-]. The van der Waals surface area contributed by atoms with Crippen molar-refractivity contribution in [3.05, 3.63) is 40.7 Å². The van der Waals surface area contributed by atoms with Crippen LogP contribution in [0.1, 0.15) is 25.3 Å². The van der Waals surface area contributed by atoms with Gasteiger partial charge in [-0.05, 0) is 18.9 Å². The number of thioether (sulfide) groups is 1. The lowest BCUT2D eigenvalue weighted by atomic mass is 10.2. The molecule has 0 saturated heterocycles. The summed E-state index contributed by atoms with van der Waals surface area (Å²) in [5.74, 6) is 0.280. The lowest BCUT2D eigenvalue weighted by Crippen LogP contribution is -2.13. The molecule has 1 aliphatic rings. The summed E-state index contributed by atoms with van der Waals surface area (Å²) in [5.41, 5.74) is 0.107. The second-order valence-electron chi connectivity index (χ2n) is 5.17. The Labute approximate surface area is 136 Å². The zero-order chi connectivity index (χ0) is 16.2. The fraction of sp³-hybridized carbons (Fsp3) is 0.357. The Morgan fingerprint density at radius 2 is 2.22 bits per heavy atom. The van der Waals surface area contributed by atoms with Crippen LogP contribution in [0, 0.1) is 10.1 Å². The van der Waals surface area contributed by atoms with Crippen molar-refractivity contribution in [3.63, 3.8) is 0 Å². The van der Waals surface area contributed by atoms with E-state index in [9.17, 15) is 14.9 Å². The van der Waals surface area contributed by atoms with Crippen LogP contribution in [0.2, 0.25) is 0 Å². The van der Waals surface area contributed by atoms with Crippen molar-refractivity contribution in [1.82, 2.24) is 14.8 Å². The molecule has 0 bridgehead atoms. The maximum atomic E-state index is 12.0. The maximum Gasteiger partial charge on any atom is 0.292 e. The van der Waals surface area contributed by atoms with Gasteiger partial charge in [0.1, 0.15) is 12.0 Å². The predicted molar refractivity (Wildman–Crippen MR) is 85.4 cm³/mol. The standard InChI is InChI=1S/C14H15N5O3S/c20-13(16-11-3-1-2-4-12(11)19(21)22)7-8-23-14-17-15-9-18(14)10-5-6-10/h1-4,9-10H,5-8H2,(H,16,20). The van der Waals surface area contributed by atoms with Gasteiger partial charge < -0.3 is 9.88 Å². The van der Waals surface area contributed by atoms with Gasteiger partial charge in [0.2, 0.25) is 5.91 Å². The highest BCUT2D eigenvalue weighted by molar-refractivity contribution is 7.99. The number of carbonyl (C=O) groups is 1. The van der Waals surface area contributed by atoms with Crippen molar-refractivity contribution < 1.29 is 9.72 Å². The number of rotatable bonds is 7. The van der Waals surface area contributed by atoms with Crippen LogP contribution in [0.5, 0.6) is 0 Å². The smallest absolute Gasteiger partial charge is 0.292 e. The second-order valence-corrected chi connectivity index (χ2v) is 6.23. The number of para-hydroxylation sites is 2. The van der Waals surface area contributed by atoms with E-state index in [4.69, 9.17) is 0 Å². The monoisotopic (exact) mass is 333 g/mol. The highest BCUT2D eigenvalue weighted by atomic mass is 32.2. The first-order valence-corrected chi connectivity index (χ1v) is 8.19. The number of hydrogen-bond acceptors (Lipinski definition) is 6. The van der Waals surface area contributed by atoms with Crippen LogP contribution in [-0.2, 0) is 4.79 Å². The highest BCUT2D eigenvalue weighted by Gasteiger charge is 2.26. The van der Waals surface area contributed by atoms with Crippen molar-refractivity contribution in [2.75, 3.05) is 11.1 Å². The van der Waals surface area contributed by atoms with Gasteiger partial charge in [-0.15, -0.1) is 10.2 Å². The van der Waals surface area contributed by atoms with Crippen LogP contribution in [-0.4, -0.2) is 31.3 Å². The van der Waals surface area contributed by atoms with Crippen LogP contribution in [0.3, 0.4) is 0 Å². The molecule has 1 aromatic heterocycles. The van der Waals surface area contributed by atoms with Gasteiger partial charge in [0.15, 0.2) is 5.16 Å². The third kappa shape index (κ3) is 3.86. The van der Waals surface area contributed by atoms with E-state index < -0.39 is 4.92 Å². The Balaban J connectivity index is 1.52. The average molecular weight is 333 g/mol. The summed E-state index contributed by atoms with van der Waals surface area (Å²) in [4.78, 5) is 22.4. The van der Waals surface area contributed by atoms with E-state index >= 15 is 0 Å². The van der Waals surface area contributed by atoms with Crippen LogP contribution in [0.15, 0.2) is 35.7 Å². The van der Waals surface area contributed by atoms with Gasteiger partial charge in [-0.2, -0.15) is 0 Å². The lowest BCUT2D eigenvalue weighted by Gasteiger charge is -2.06. The summed E-state index contributed by atoms with van der Waals surface area (Å²) < 4.78 is 2.03. The fourth-order valence-electron chi connectivity index (χ4n) is 2.12. The first-order valence-electron chi connectivity index (χ1n) is 7.20. The second kappa shape index (κ2) is 6.78. The molecule has 0 radical (unpaired) electrons. The van der Waals surface area contributed by atoms with Gasteiger partial charge in [0.25, 0.3) is 5.69 Å². The molecule has 0 unspecified atom stereocenters. The van der Waals surface area contributed by atoms with Gasteiger partial charge in [0, 0.05) is 24.3 Å². The molecule has 23 heavy (non-hydrogen) atoms. The molecule has 0 spiro atoms. The number of nitrogens with one attached hydrogen (secondary N) is 1. The molecule has 1 aromatic carbocycles. The summed E-state index contributed by atoms with van der Waals surface area (Å²) in [7, 11) is 0. The van der Waals surface area contributed by atoms with Gasteiger partial charge in [-0.1, -0.05) is 23.9 Å². The van der Waals surface area contributed by atoms with Crippen LogP contribution in [0.25, 0.3) is 0 Å². The summed E-state index contributed by atoms with van der Waals surface area (Å²) in [5, 5.41) is 22.3. The molecule has 1 fully saturated rings. The Kier molecular flexibility index (Phi) is 4.56. The molecule has 1 saturated carbocycles. The predicted octanol–water partition coefficient (Wildman–Crippen LogP) is 2.64. The molecule has 0 aliphatic heterocycles. The third-order valence-corrected chi connectivity index (χ3v) is 4.37. The minimum Gasteiger partial charge on any atom is -0.320 e. The number of benzene rings is 1. The number of nitro groups is 1. The van der Waals surface area contributed by atoms with Gasteiger partial charge >= 0.3 is 0 Å². The van der Waals surface area contributed by atoms with E-state index in [1.807, 2.05) is 4.57 Å². The fourth-order valence-corrected chi connectivity index (χ4v) is 3.04. The number of amides is 1. The summed E-state index contributed by atoms with van der Waals surface area (Å²) >= 11 is 1.47. The molecule has 9 heteroatoms. The molecular formula is C14H15N5O3S. The Bertz CT molecular complexity index is 729. The molecule has 3 rings (SSSR count). The van der Waals surface area contributed by atoms with E-state index in [-0.39, 0.29) is 23.7 Å². The maximum absolute atomic E-state index is 12.0. The van der Waals surface area contributed by atoms with Crippen molar-refractivity contribution in [1.29, 1.82) is 0 Å². The number of aromatic nitrogens is 3. The largest absolute Gasteiger partial charge is 0.320 e. The molecule has 120 valence electrons. The summed E-state index contributed by atoms with van der Waals surface area (Å²) in [6.45, 7) is 0. The molecule has 1 heterocycles. The molecular weight excluding hydrogens is 318 g/mol. The minimum atomic E-state index is -0.511. The zero-order valence-corrected chi connectivity index (χ0v) is 13.0. The third-order valence-electron chi connectivity index (χ3n) is 3.42. The molecule has 1 aliphatic carbocycles. The van der Waals surface area contributed by atoms with E-state index in [0.29, 0.717) is 11.8 Å². The van der Waals surface area contributed by atoms with Crippen molar-refractivity contribution in [2.24, 2.45) is 0 Å². The molecule has 8 nitrogen and oxygen atoms in total. The van der Waals surface area contributed by atoms with Crippen molar-refractivity contribution in [3.8, 4) is 0 Å². The summed E-state index contributed by atoms with van der Waals surface area (Å²) in [6, 6.07) is 6.59. The lowest BCUT2D eigenvalue weighted by molar-refractivity contribution is -0.383. The number of nitrogens with zero attached hydrogens (tertiary/aromatic N) is 4. The van der Waals surface area contributed by atoms with Gasteiger partial charge in [-0.25, -0.2) is 0 Å². The Morgan fingerprint density at radius 3 is 2.96 bits per heavy atom. The normalized spacial score (nSPS) is 13.7. The number of hydrogen-bond donors (Lipinski definition) is 1. The van der Waals surface area contributed by atoms with Crippen LogP contribution in [0.4, 0.5) is 11.4 Å². The Morgan fingerprint density at radius 1 is 1.43 bits per heavy atom. The quantitative estimate of drug-likeness (QED) is 0.474. The number of carbonyl (C=O) groups excluding carboxylic acids is 1. The highest BCUT2D eigenvalue weighted by Crippen LogP contribution is 2.37. The number of nitro benzene ring substituents is 1. The van der Waals surface area contributed by atoms with E-state index in [1.54, 1.807) is 18.5 Å².